The zero-order valence-corrected chi connectivity index (χ0v) is 26.3. The molecule has 3 nitrogen and oxygen atoms in total. The van der Waals surface area contributed by atoms with E-state index in [1.807, 2.05) is 24.3 Å². The molecule has 0 fully saturated rings. The molecule has 0 N–H and O–H groups in total. The number of oxazole rings is 1. The zero-order chi connectivity index (χ0) is 31.5. The molecule has 0 bridgehead atoms. The summed E-state index contributed by atoms with van der Waals surface area (Å²) >= 11 is 0. The minimum Gasteiger partial charge on any atom is -0.436 e. The van der Waals surface area contributed by atoms with Crippen LogP contribution in [0.4, 0.5) is 17.1 Å². The third-order valence-electron chi connectivity index (χ3n) is 9.70. The van der Waals surface area contributed by atoms with E-state index in [0.29, 0.717) is 5.89 Å². The first-order valence-electron chi connectivity index (χ1n) is 16.1. The van der Waals surface area contributed by atoms with Crippen LogP contribution in [0, 0.1) is 0 Å². The van der Waals surface area contributed by atoms with E-state index in [-0.39, 0.29) is 5.41 Å². The Morgan fingerprint density at radius 3 is 2.15 bits per heavy atom. The number of hydrogen-bond donors (Lipinski definition) is 0. The first kappa shape index (κ1) is 27.4. The van der Waals surface area contributed by atoms with Gasteiger partial charge in [0.05, 0.1) is 11.4 Å². The van der Waals surface area contributed by atoms with Crippen LogP contribution in [-0.4, -0.2) is 4.98 Å². The summed E-state index contributed by atoms with van der Waals surface area (Å²) in [5.74, 6) is 0.657. The molecule has 0 aliphatic heterocycles. The van der Waals surface area contributed by atoms with Gasteiger partial charge in [0.15, 0.2) is 5.58 Å². The lowest BCUT2D eigenvalue weighted by Crippen LogP contribution is -2.17. The SMILES string of the molecule is CC1(C)c2cc(N(c3ccccc3-c3ccccc3)c3cccc4ccccc34)ccc2-c2c(-c3nc4ccccc4o3)cccc21. The smallest absolute Gasteiger partial charge is 0.227 e. The van der Waals surface area contributed by atoms with Gasteiger partial charge in [0, 0.05) is 27.6 Å². The summed E-state index contributed by atoms with van der Waals surface area (Å²) in [4.78, 5) is 7.34. The van der Waals surface area contributed by atoms with Gasteiger partial charge < -0.3 is 9.32 Å². The second-order valence-electron chi connectivity index (χ2n) is 12.8. The molecule has 0 saturated heterocycles. The third-order valence-corrected chi connectivity index (χ3v) is 9.70. The Labute approximate surface area is 274 Å². The lowest BCUT2D eigenvalue weighted by Gasteiger charge is -2.30. The second-order valence-corrected chi connectivity index (χ2v) is 12.8. The molecule has 9 rings (SSSR count). The first-order valence-corrected chi connectivity index (χ1v) is 16.1. The van der Waals surface area contributed by atoms with Crippen molar-refractivity contribution in [2.45, 2.75) is 19.3 Å². The third kappa shape index (κ3) is 4.31. The molecule has 7 aromatic carbocycles. The average molecular weight is 605 g/mol. The number of para-hydroxylation sites is 3. The van der Waals surface area contributed by atoms with Crippen molar-refractivity contribution in [3.63, 3.8) is 0 Å². The van der Waals surface area contributed by atoms with Gasteiger partial charge in [-0.25, -0.2) is 4.98 Å². The van der Waals surface area contributed by atoms with Gasteiger partial charge in [-0.05, 0) is 75.7 Å². The molecule has 1 aromatic heterocycles. The summed E-state index contributed by atoms with van der Waals surface area (Å²) in [5, 5.41) is 2.42. The van der Waals surface area contributed by atoms with Gasteiger partial charge in [0.2, 0.25) is 5.89 Å². The summed E-state index contributed by atoms with van der Waals surface area (Å²) < 4.78 is 6.32. The van der Waals surface area contributed by atoms with Crippen molar-refractivity contribution in [3.8, 4) is 33.7 Å². The zero-order valence-electron chi connectivity index (χ0n) is 26.3. The van der Waals surface area contributed by atoms with Crippen LogP contribution in [0.25, 0.3) is 55.6 Å². The molecule has 1 aliphatic rings. The van der Waals surface area contributed by atoms with Crippen LogP contribution in [0.2, 0.25) is 0 Å². The molecule has 0 radical (unpaired) electrons. The minimum atomic E-state index is -0.230. The highest BCUT2D eigenvalue weighted by Gasteiger charge is 2.38. The van der Waals surface area contributed by atoms with Crippen molar-refractivity contribution in [2.24, 2.45) is 0 Å². The minimum absolute atomic E-state index is 0.230. The molecule has 0 saturated carbocycles. The fourth-order valence-electron chi connectivity index (χ4n) is 7.42. The summed E-state index contributed by atoms with van der Waals surface area (Å²) in [6, 6.07) is 56.1. The van der Waals surface area contributed by atoms with E-state index in [0.717, 1.165) is 33.7 Å². The molecule has 0 amide bonds. The van der Waals surface area contributed by atoms with Crippen LogP contribution >= 0.6 is 0 Å². The standard InChI is InChI=1S/C44H32N2O/c1-44(2)36-21-13-20-35(43-45-38-22-9-11-25-41(38)47-43)42(36)34-27-26-31(28-37(34)44)46(40-24-12-17-30-16-6-7-18-33(30)40)39-23-10-8-19-32(39)29-14-4-3-5-15-29/h3-28H,1-2H3. The number of rotatable bonds is 5. The molecule has 0 atom stereocenters. The molecule has 0 unspecified atom stereocenters. The molecule has 0 spiro atoms. The first-order chi connectivity index (χ1) is 23.1. The number of nitrogens with zero attached hydrogens (tertiary/aromatic N) is 2. The van der Waals surface area contributed by atoms with E-state index < -0.39 is 0 Å². The van der Waals surface area contributed by atoms with Gasteiger partial charge in [-0.15, -0.1) is 0 Å². The fraction of sp³-hybridized carbons (Fsp3) is 0.0682. The Morgan fingerprint density at radius 1 is 0.553 bits per heavy atom. The van der Waals surface area contributed by atoms with E-state index in [1.165, 1.54) is 44.2 Å². The van der Waals surface area contributed by atoms with Crippen LogP contribution in [0.3, 0.4) is 0 Å². The summed E-state index contributed by atoms with van der Waals surface area (Å²) in [7, 11) is 0. The number of benzene rings is 7. The normalized spacial score (nSPS) is 13.1. The van der Waals surface area contributed by atoms with Crippen molar-refractivity contribution >= 4 is 38.9 Å². The monoisotopic (exact) mass is 604 g/mol. The molecular formula is C44H32N2O. The number of fused-ring (bicyclic) bond motifs is 5. The largest absolute Gasteiger partial charge is 0.436 e. The van der Waals surface area contributed by atoms with E-state index in [4.69, 9.17) is 9.40 Å². The Kier molecular flexibility index (Phi) is 6.16. The highest BCUT2D eigenvalue weighted by atomic mass is 16.3. The lowest BCUT2D eigenvalue weighted by atomic mass is 9.82. The van der Waals surface area contributed by atoms with Crippen LogP contribution < -0.4 is 4.90 Å². The Balaban J connectivity index is 1.27. The van der Waals surface area contributed by atoms with Crippen molar-refractivity contribution in [2.75, 3.05) is 4.90 Å². The van der Waals surface area contributed by atoms with E-state index >= 15 is 0 Å². The van der Waals surface area contributed by atoms with Crippen molar-refractivity contribution in [3.05, 3.63) is 169 Å². The van der Waals surface area contributed by atoms with E-state index in [2.05, 4.69) is 152 Å². The quantitative estimate of drug-likeness (QED) is 0.196. The van der Waals surface area contributed by atoms with E-state index in [9.17, 15) is 0 Å². The maximum Gasteiger partial charge on any atom is 0.227 e. The average Bonchev–Trinajstić information content (AvgIpc) is 3.66. The van der Waals surface area contributed by atoms with Crippen molar-refractivity contribution < 1.29 is 4.42 Å². The molecular weight excluding hydrogens is 572 g/mol. The van der Waals surface area contributed by atoms with Gasteiger partial charge in [-0.1, -0.05) is 129 Å². The van der Waals surface area contributed by atoms with E-state index in [1.54, 1.807) is 0 Å². The summed E-state index contributed by atoms with van der Waals surface area (Å²) in [6.45, 7) is 4.66. The Bertz CT molecular complexity index is 2420. The van der Waals surface area contributed by atoms with Crippen LogP contribution in [0.1, 0.15) is 25.0 Å². The second kappa shape index (κ2) is 10.6. The number of hydrogen-bond acceptors (Lipinski definition) is 3. The summed E-state index contributed by atoms with van der Waals surface area (Å²) in [5.41, 5.74) is 13.2. The van der Waals surface area contributed by atoms with Gasteiger partial charge in [-0.2, -0.15) is 0 Å². The molecule has 8 aromatic rings. The maximum absolute atomic E-state index is 6.32. The van der Waals surface area contributed by atoms with Crippen LogP contribution in [0.5, 0.6) is 0 Å². The molecule has 1 heterocycles. The van der Waals surface area contributed by atoms with Gasteiger partial charge in [-0.3, -0.25) is 0 Å². The fourth-order valence-corrected chi connectivity index (χ4v) is 7.42. The highest BCUT2D eigenvalue weighted by molar-refractivity contribution is 6.02. The molecule has 1 aliphatic carbocycles. The predicted molar refractivity (Wildman–Crippen MR) is 195 cm³/mol. The number of aromatic nitrogens is 1. The van der Waals surface area contributed by atoms with Gasteiger partial charge in [0.1, 0.15) is 5.52 Å². The highest BCUT2D eigenvalue weighted by Crippen LogP contribution is 2.54. The van der Waals surface area contributed by atoms with Gasteiger partial charge >= 0.3 is 0 Å². The van der Waals surface area contributed by atoms with Crippen LogP contribution in [-0.2, 0) is 5.41 Å². The Hall–Kier alpha value is -5.93. The molecule has 224 valence electrons. The summed E-state index contributed by atoms with van der Waals surface area (Å²) in [6.07, 6.45) is 0. The van der Waals surface area contributed by atoms with Crippen molar-refractivity contribution in [1.29, 1.82) is 0 Å². The molecule has 47 heavy (non-hydrogen) atoms. The maximum atomic E-state index is 6.32. The predicted octanol–water partition coefficient (Wildman–Crippen LogP) is 12.1. The lowest BCUT2D eigenvalue weighted by molar-refractivity contribution is 0.619. The van der Waals surface area contributed by atoms with Gasteiger partial charge in [0.25, 0.3) is 0 Å². The molecule has 3 heteroatoms. The topological polar surface area (TPSA) is 29.3 Å². The van der Waals surface area contributed by atoms with Crippen LogP contribution in [0.15, 0.2) is 162 Å². The number of anilines is 3. The Morgan fingerprint density at radius 2 is 1.26 bits per heavy atom. The van der Waals surface area contributed by atoms with Crippen molar-refractivity contribution in [1.82, 2.24) is 4.98 Å².